The van der Waals surface area contributed by atoms with Crippen molar-refractivity contribution in [1.82, 2.24) is 0 Å². The van der Waals surface area contributed by atoms with Gasteiger partial charge >= 0.3 is 0 Å². The second kappa shape index (κ2) is 3.82. The first-order valence-electron chi connectivity index (χ1n) is 5.06. The maximum Gasteiger partial charge on any atom is 0.158 e. The molecule has 15 heavy (non-hydrogen) atoms. The van der Waals surface area contributed by atoms with Crippen LogP contribution in [0, 0.1) is 0 Å². The van der Waals surface area contributed by atoms with Gasteiger partial charge in [-0.25, -0.2) is 0 Å². The molecule has 1 aromatic carbocycles. The van der Waals surface area contributed by atoms with Gasteiger partial charge in [0, 0.05) is 12.3 Å². The van der Waals surface area contributed by atoms with Crippen LogP contribution in [0.3, 0.4) is 0 Å². The van der Waals surface area contributed by atoms with E-state index >= 15 is 0 Å². The molecular formula is C13H13ClO. The van der Waals surface area contributed by atoms with Crippen molar-refractivity contribution in [2.45, 2.75) is 23.6 Å². The molecule has 78 valence electrons. The molecule has 0 amide bonds. The fourth-order valence-electron chi connectivity index (χ4n) is 1.91. The third kappa shape index (κ3) is 1.84. The molecule has 0 saturated heterocycles. The highest BCUT2D eigenvalue weighted by atomic mass is 35.5. The molecule has 2 atom stereocenters. The monoisotopic (exact) mass is 220 g/mol. The van der Waals surface area contributed by atoms with E-state index in [0.29, 0.717) is 6.42 Å². The average molecular weight is 221 g/mol. The molecule has 1 nitrogen and oxygen atoms in total. The molecular weight excluding hydrogens is 208 g/mol. The summed E-state index contributed by atoms with van der Waals surface area (Å²) in [6.45, 7) is 3.56. The molecule has 0 radical (unpaired) electrons. The van der Waals surface area contributed by atoms with E-state index in [1.165, 1.54) is 0 Å². The van der Waals surface area contributed by atoms with Gasteiger partial charge in [-0.1, -0.05) is 36.4 Å². The molecule has 0 heterocycles. The molecule has 2 heteroatoms. The van der Waals surface area contributed by atoms with E-state index in [9.17, 15) is 4.79 Å². The molecule has 1 aliphatic rings. The zero-order chi connectivity index (χ0) is 10.9. The summed E-state index contributed by atoms with van der Waals surface area (Å²) in [4.78, 5) is 11.1. The molecule has 0 aliphatic heterocycles. The molecule has 1 aromatic rings. The lowest BCUT2D eigenvalue weighted by Gasteiger charge is -2.06. The summed E-state index contributed by atoms with van der Waals surface area (Å²) < 4.78 is 0. The summed E-state index contributed by atoms with van der Waals surface area (Å²) in [5.41, 5.74) is 1.16. The zero-order valence-corrected chi connectivity index (χ0v) is 9.20. The van der Waals surface area contributed by atoms with Crippen molar-refractivity contribution in [2.75, 3.05) is 0 Å². The maximum atomic E-state index is 11.7. The summed E-state index contributed by atoms with van der Waals surface area (Å²) >= 11 is 6.28. The summed E-state index contributed by atoms with van der Waals surface area (Å²) in [5, 5.41) is 0. The van der Waals surface area contributed by atoms with Crippen molar-refractivity contribution < 1.29 is 4.79 Å². The van der Waals surface area contributed by atoms with E-state index in [2.05, 4.69) is 6.58 Å². The Balaban J connectivity index is 2.12. The molecule has 0 N–H and O–H groups in total. The van der Waals surface area contributed by atoms with Gasteiger partial charge in [-0.15, -0.1) is 18.2 Å². The minimum Gasteiger partial charge on any atom is -0.297 e. The van der Waals surface area contributed by atoms with Crippen molar-refractivity contribution in [2.24, 2.45) is 0 Å². The Morgan fingerprint density at radius 1 is 1.53 bits per heavy atom. The number of rotatable bonds is 4. The van der Waals surface area contributed by atoms with Gasteiger partial charge in [-0.3, -0.25) is 4.79 Å². The average Bonchev–Trinajstić information content (AvgIpc) is 2.94. The lowest BCUT2D eigenvalue weighted by Crippen LogP contribution is -2.16. The van der Waals surface area contributed by atoms with E-state index in [1.807, 2.05) is 30.3 Å². The van der Waals surface area contributed by atoms with Gasteiger partial charge in [0.15, 0.2) is 5.78 Å². The molecule has 2 rings (SSSR count). The maximum absolute atomic E-state index is 11.7. The van der Waals surface area contributed by atoms with Gasteiger partial charge in [-0.2, -0.15) is 0 Å². The third-order valence-corrected chi connectivity index (χ3v) is 3.52. The Kier molecular flexibility index (Phi) is 2.66. The Morgan fingerprint density at radius 3 is 2.80 bits per heavy atom. The standard InChI is InChI=1S/C13H13ClO/c1-2-6-12(15)13(14)9-11(13)10-7-4-3-5-8-10/h2-5,7-8,11H,1,6,9H2/t11-,13-/m0/s1. The number of Topliss-reactive ketones (excluding diaryl/α,β-unsaturated/α-hetero) is 1. The van der Waals surface area contributed by atoms with Crippen LogP contribution in [0.4, 0.5) is 0 Å². The Morgan fingerprint density at radius 2 is 2.20 bits per heavy atom. The van der Waals surface area contributed by atoms with Crippen LogP contribution in [0.15, 0.2) is 43.0 Å². The lowest BCUT2D eigenvalue weighted by atomic mass is 10.1. The molecule has 1 saturated carbocycles. The van der Waals surface area contributed by atoms with E-state index < -0.39 is 4.87 Å². The van der Waals surface area contributed by atoms with Crippen molar-refractivity contribution in [3.05, 3.63) is 48.6 Å². The Bertz CT molecular complexity index is 385. The number of carbonyl (C=O) groups is 1. The lowest BCUT2D eigenvalue weighted by molar-refractivity contribution is -0.118. The van der Waals surface area contributed by atoms with Gasteiger partial charge in [0.1, 0.15) is 4.87 Å². The summed E-state index contributed by atoms with van der Waals surface area (Å²) in [5.74, 6) is 0.279. The number of hydrogen-bond donors (Lipinski definition) is 0. The van der Waals surface area contributed by atoms with E-state index in [-0.39, 0.29) is 11.7 Å². The van der Waals surface area contributed by atoms with Gasteiger partial charge in [0.2, 0.25) is 0 Å². The number of hydrogen-bond acceptors (Lipinski definition) is 1. The Labute approximate surface area is 94.8 Å². The van der Waals surface area contributed by atoms with Crippen molar-refractivity contribution in [3.63, 3.8) is 0 Å². The number of carbonyl (C=O) groups excluding carboxylic acids is 1. The van der Waals surface area contributed by atoms with Crippen molar-refractivity contribution >= 4 is 17.4 Å². The zero-order valence-electron chi connectivity index (χ0n) is 8.45. The first-order valence-corrected chi connectivity index (χ1v) is 5.44. The van der Waals surface area contributed by atoms with Gasteiger partial charge in [-0.05, 0) is 12.0 Å². The van der Waals surface area contributed by atoms with Crippen LogP contribution in [-0.2, 0) is 4.79 Å². The second-order valence-electron chi connectivity index (χ2n) is 3.95. The van der Waals surface area contributed by atoms with Crippen molar-refractivity contribution in [3.8, 4) is 0 Å². The van der Waals surface area contributed by atoms with Crippen LogP contribution in [0.1, 0.15) is 24.3 Å². The fraction of sp³-hybridized carbons (Fsp3) is 0.308. The quantitative estimate of drug-likeness (QED) is 0.562. The summed E-state index contributed by atoms with van der Waals surface area (Å²) in [6, 6.07) is 9.96. The number of benzene rings is 1. The number of ketones is 1. The normalized spacial score (nSPS) is 28.5. The minimum atomic E-state index is -0.657. The fourth-order valence-corrected chi connectivity index (χ4v) is 2.27. The highest BCUT2D eigenvalue weighted by molar-refractivity contribution is 6.38. The van der Waals surface area contributed by atoms with Crippen LogP contribution < -0.4 is 0 Å². The topological polar surface area (TPSA) is 17.1 Å². The largest absolute Gasteiger partial charge is 0.297 e. The SMILES string of the molecule is C=CCC(=O)[C@]1(Cl)C[C@H]1c1ccccc1. The van der Waals surface area contributed by atoms with Gasteiger partial charge in [0.05, 0.1) is 0 Å². The molecule has 1 aliphatic carbocycles. The number of halogens is 1. The predicted octanol–water partition coefficient (Wildman–Crippen LogP) is 3.30. The van der Waals surface area contributed by atoms with Gasteiger partial charge in [0.25, 0.3) is 0 Å². The minimum absolute atomic E-state index is 0.0908. The second-order valence-corrected chi connectivity index (χ2v) is 4.62. The molecule has 0 unspecified atom stereocenters. The number of allylic oxidation sites excluding steroid dienone is 1. The van der Waals surface area contributed by atoms with Gasteiger partial charge < -0.3 is 0 Å². The molecule has 0 aromatic heterocycles. The van der Waals surface area contributed by atoms with Crippen LogP contribution in [0.2, 0.25) is 0 Å². The predicted molar refractivity (Wildman–Crippen MR) is 62.2 cm³/mol. The molecule has 1 fully saturated rings. The number of alkyl halides is 1. The van der Waals surface area contributed by atoms with E-state index in [1.54, 1.807) is 6.08 Å². The summed E-state index contributed by atoms with van der Waals surface area (Å²) in [6.07, 6.45) is 2.74. The van der Waals surface area contributed by atoms with Crippen LogP contribution >= 0.6 is 11.6 Å². The molecule has 0 spiro atoms. The first-order chi connectivity index (χ1) is 7.18. The smallest absolute Gasteiger partial charge is 0.158 e. The van der Waals surface area contributed by atoms with Crippen molar-refractivity contribution in [1.29, 1.82) is 0 Å². The molecule has 0 bridgehead atoms. The van der Waals surface area contributed by atoms with E-state index in [0.717, 1.165) is 12.0 Å². The highest BCUT2D eigenvalue weighted by Gasteiger charge is 2.58. The van der Waals surface area contributed by atoms with Crippen LogP contribution in [0.25, 0.3) is 0 Å². The summed E-state index contributed by atoms with van der Waals surface area (Å²) in [7, 11) is 0. The Hall–Kier alpha value is -1.08. The first kappa shape index (κ1) is 10.4. The van der Waals surface area contributed by atoms with E-state index in [4.69, 9.17) is 11.6 Å². The van der Waals surface area contributed by atoms with Crippen LogP contribution in [-0.4, -0.2) is 10.7 Å². The highest BCUT2D eigenvalue weighted by Crippen LogP contribution is 2.57. The van der Waals surface area contributed by atoms with Crippen LogP contribution in [0.5, 0.6) is 0 Å². The third-order valence-electron chi connectivity index (χ3n) is 2.89.